The van der Waals surface area contributed by atoms with Gasteiger partial charge in [-0.2, -0.15) is 0 Å². The first-order valence-corrected chi connectivity index (χ1v) is 6.01. The first-order chi connectivity index (χ1) is 8.97. The molecule has 0 bridgehead atoms. The van der Waals surface area contributed by atoms with Crippen LogP contribution in [0, 0.1) is 15.9 Å². The molecule has 0 saturated carbocycles. The zero-order valence-electron chi connectivity index (χ0n) is 9.75. The third-order valence-electron chi connectivity index (χ3n) is 2.23. The number of hydrogen-bond acceptors (Lipinski definition) is 5. The van der Waals surface area contributed by atoms with Gasteiger partial charge in [-0.05, 0) is 19.1 Å². The van der Waals surface area contributed by atoms with Crippen LogP contribution in [0.4, 0.5) is 10.1 Å². The Bertz CT molecular complexity index is 653. The van der Waals surface area contributed by atoms with E-state index in [4.69, 9.17) is 4.74 Å². The molecule has 0 aliphatic carbocycles. The molecule has 0 aliphatic rings. The third kappa shape index (κ3) is 2.94. The van der Waals surface area contributed by atoms with Gasteiger partial charge in [-0.25, -0.2) is 4.39 Å². The normalized spacial score (nSPS) is 10.2. The van der Waals surface area contributed by atoms with Crippen LogP contribution < -0.4 is 4.74 Å². The molecule has 2 aromatic rings. The Balaban J connectivity index is 2.38. The second kappa shape index (κ2) is 5.15. The maximum Gasteiger partial charge on any atom is 0.323 e. The molecule has 0 spiro atoms. The van der Waals surface area contributed by atoms with E-state index in [1.807, 2.05) is 0 Å². The number of halogens is 1. The van der Waals surface area contributed by atoms with Crippen molar-refractivity contribution >= 4 is 22.8 Å². The molecular formula is C12H8FNO4S. The van der Waals surface area contributed by atoms with Crippen molar-refractivity contribution in [2.75, 3.05) is 0 Å². The summed E-state index contributed by atoms with van der Waals surface area (Å²) in [6, 6.07) is 6.39. The van der Waals surface area contributed by atoms with Crippen molar-refractivity contribution in [3.8, 4) is 10.8 Å². The van der Waals surface area contributed by atoms with Crippen molar-refractivity contribution < 1.29 is 18.8 Å². The highest BCUT2D eigenvalue weighted by molar-refractivity contribution is 7.16. The van der Waals surface area contributed by atoms with Crippen LogP contribution in [0.25, 0.3) is 0 Å². The molecule has 0 radical (unpaired) electrons. The minimum atomic E-state index is -0.641. The van der Waals surface area contributed by atoms with Gasteiger partial charge in [-0.15, -0.1) is 0 Å². The topological polar surface area (TPSA) is 69.4 Å². The average molecular weight is 281 g/mol. The smallest absolute Gasteiger partial charge is 0.323 e. The van der Waals surface area contributed by atoms with Gasteiger partial charge < -0.3 is 4.74 Å². The van der Waals surface area contributed by atoms with Gasteiger partial charge in [-0.1, -0.05) is 17.4 Å². The number of ether oxygens (including phenoxy) is 1. The molecule has 5 nitrogen and oxygen atoms in total. The van der Waals surface area contributed by atoms with Gasteiger partial charge in [0.05, 0.1) is 9.80 Å². The number of benzene rings is 1. The molecule has 7 heteroatoms. The largest absolute Gasteiger partial charge is 0.440 e. The summed E-state index contributed by atoms with van der Waals surface area (Å²) in [5.74, 6) is -0.661. The Morgan fingerprint density at radius 3 is 2.74 bits per heavy atom. The van der Waals surface area contributed by atoms with Crippen LogP contribution in [0.2, 0.25) is 0 Å². The summed E-state index contributed by atoms with van der Waals surface area (Å²) in [4.78, 5) is 21.7. The van der Waals surface area contributed by atoms with Crippen molar-refractivity contribution in [3.63, 3.8) is 0 Å². The van der Waals surface area contributed by atoms with Crippen LogP contribution in [0.1, 0.15) is 16.6 Å². The van der Waals surface area contributed by atoms with Crippen LogP contribution >= 0.6 is 11.3 Å². The molecule has 98 valence electrons. The monoisotopic (exact) mass is 281 g/mol. The molecule has 0 aliphatic heterocycles. The lowest BCUT2D eigenvalue weighted by atomic mass is 10.3. The molecule has 1 aromatic carbocycles. The highest BCUT2D eigenvalue weighted by Crippen LogP contribution is 2.39. The van der Waals surface area contributed by atoms with E-state index in [1.165, 1.54) is 25.1 Å². The zero-order chi connectivity index (χ0) is 14.0. The van der Waals surface area contributed by atoms with Crippen LogP contribution in [0.3, 0.4) is 0 Å². The van der Waals surface area contributed by atoms with E-state index < -0.39 is 10.7 Å². The number of carbonyl (C=O) groups is 1. The molecule has 0 unspecified atom stereocenters. The number of nitro groups is 1. The van der Waals surface area contributed by atoms with E-state index in [0.29, 0.717) is 0 Å². The first-order valence-electron chi connectivity index (χ1n) is 5.20. The van der Waals surface area contributed by atoms with Gasteiger partial charge in [0, 0.05) is 12.1 Å². The number of carbonyl (C=O) groups excluding carboxylic acids is 1. The lowest BCUT2D eigenvalue weighted by Crippen LogP contribution is -1.89. The number of rotatable bonds is 4. The summed E-state index contributed by atoms with van der Waals surface area (Å²) in [5, 5.41) is 10.8. The third-order valence-corrected chi connectivity index (χ3v) is 3.33. The van der Waals surface area contributed by atoms with Gasteiger partial charge in [0.1, 0.15) is 11.6 Å². The van der Waals surface area contributed by atoms with Crippen molar-refractivity contribution in [1.82, 2.24) is 0 Å². The van der Waals surface area contributed by atoms with Crippen molar-refractivity contribution in [2.24, 2.45) is 0 Å². The maximum absolute atomic E-state index is 13.0. The zero-order valence-corrected chi connectivity index (χ0v) is 10.6. The average Bonchev–Trinajstić information content (AvgIpc) is 2.73. The number of ketones is 1. The van der Waals surface area contributed by atoms with Gasteiger partial charge in [0.15, 0.2) is 5.78 Å². The molecular weight excluding hydrogens is 273 g/mol. The molecule has 0 atom stereocenters. The van der Waals surface area contributed by atoms with Crippen LogP contribution in [-0.4, -0.2) is 10.7 Å². The molecule has 0 saturated heterocycles. The SMILES string of the molecule is CC(=O)c1cc([N+](=O)[O-])c(Oc2cccc(F)c2)s1. The Morgan fingerprint density at radius 2 is 2.16 bits per heavy atom. The summed E-state index contributed by atoms with van der Waals surface area (Å²) in [5.41, 5.74) is -0.306. The van der Waals surface area contributed by atoms with E-state index in [9.17, 15) is 19.3 Å². The van der Waals surface area contributed by atoms with Gasteiger partial charge >= 0.3 is 5.69 Å². The van der Waals surface area contributed by atoms with Crippen molar-refractivity contribution in [2.45, 2.75) is 6.92 Å². The van der Waals surface area contributed by atoms with Gasteiger partial charge in [-0.3, -0.25) is 14.9 Å². The van der Waals surface area contributed by atoms with E-state index in [0.717, 1.165) is 23.5 Å². The van der Waals surface area contributed by atoms with Crippen LogP contribution in [0.5, 0.6) is 10.8 Å². The summed E-state index contributed by atoms with van der Waals surface area (Å²) in [7, 11) is 0. The molecule has 19 heavy (non-hydrogen) atoms. The lowest BCUT2D eigenvalue weighted by Gasteiger charge is -2.02. The number of Topliss-reactive ketones (excluding diaryl/α,β-unsaturated/α-hetero) is 1. The highest BCUT2D eigenvalue weighted by atomic mass is 32.1. The van der Waals surface area contributed by atoms with Crippen molar-refractivity contribution in [3.05, 3.63) is 51.1 Å². The minimum Gasteiger partial charge on any atom is -0.440 e. The first kappa shape index (κ1) is 13.2. The van der Waals surface area contributed by atoms with E-state index in [1.54, 1.807) is 0 Å². The number of nitrogens with zero attached hydrogens (tertiary/aromatic N) is 1. The summed E-state index contributed by atoms with van der Waals surface area (Å²) >= 11 is 0.861. The fraction of sp³-hybridized carbons (Fsp3) is 0.0833. The van der Waals surface area contributed by atoms with E-state index in [-0.39, 0.29) is 27.2 Å². The molecule has 2 rings (SSSR count). The van der Waals surface area contributed by atoms with Crippen LogP contribution in [0.15, 0.2) is 30.3 Å². The van der Waals surface area contributed by atoms with Crippen molar-refractivity contribution in [1.29, 1.82) is 0 Å². The fourth-order valence-corrected chi connectivity index (χ4v) is 2.27. The summed E-state index contributed by atoms with van der Waals surface area (Å²) in [6.45, 7) is 1.31. The molecule has 0 fully saturated rings. The van der Waals surface area contributed by atoms with E-state index >= 15 is 0 Å². The van der Waals surface area contributed by atoms with Gasteiger partial charge in [0.25, 0.3) is 5.06 Å². The quantitative estimate of drug-likeness (QED) is 0.485. The minimum absolute atomic E-state index is 0.0409. The molecule has 1 heterocycles. The van der Waals surface area contributed by atoms with Gasteiger partial charge in [0.2, 0.25) is 0 Å². The fourth-order valence-electron chi connectivity index (χ4n) is 1.38. The second-order valence-corrected chi connectivity index (χ2v) is 4.67. The van der Waals surface area contributed by atoms with Crippen LogP contribution in [-0.2, 0) is 0 Å². The Kier molecular flexibility index (Phi) is 3.57. The molecule has 0 N–H and O–H groups in total. The molecule has 0 amide bonds. The lowest BCUT2D eigenvalue weighted by molar-refractivity contribution is -0.385. The predicted octanol–water partition coefficient (Wildman–Crippen LogP) is 3.79. The number of hydrogen-bond donors (Lipinski definition) is 0. The summed E-state index contributed by atoms with van der Waals surface area (Å²) < 4.78 is 18.3. The Hall–Kier alpha value is -2.28. The standard InChI is InChI=1S/C12H8FNO4S/c1-7(15)11-6-10(14(16)17)12(19-11)18-9-4-2-3-8(13)5-9/h2-6H,1H3. The van der Waals surface area contributed by atoms with E-state index in [2.05, 4.69) is 0 Å². The second-order valence-electron chi connectivity index (χ2n) is 3.66. The summed E-state index contributed by atoms with van der Waals surface area (Å²) in [6.07, 6.45) is 0. The maximum atomic E-state index is 13.0. The Labute approximate surface area is 111 Å². The Morgan fingerprint density at radius 1 is 1.42 bits per heavy atom. The highest BCUT2D eigenvalue weighted by Gasteiger charge is 2.23. The molecule has 1 aromatic heterocycles. The number of thiophene rings is 1. The predicted molar refractivity (Wildman–Crippen MR) is 67.5 cm³/mol.